The number of nitrogens with zero attached hydrogens (tertiary/aromatic N) is 1. The fraction of sp³-hybridized carbons (Fsp3) is 0.296. The summed E-state index contributed by atoms with van der Waals surface area (Å²) in [6, 6.07) is 20.4. The summed E-state index contributed by atoms with van der Waals surface area (Å²) in [5.41, 5.74) is 3.79. The first-order valence-corrected chi connectivity index (χ1v) is 15.1. The maximum absolute atomic E-state index is 12.8. The molecule has 8 nitrogen and oxygen atoms in total. The third-order valence-corrected chi connectivity index (χ3v) is 9.67. The Morgan fingerprint density at radius 2 is 1.30 bits per heavy atom. The predicted molar refractivity (Wildman–Crippen MR) is 145 cm³/mol. The molecule has 1 fully saturated rings. The van der Waals surface area contributed by atoms with E-state index >= 15 is 0 Å². The number of anilines is 2. The van der Waals surface area contributed by atoms with Crippen LogP contribution in [0.3, 0.4) is 0 Å². The topological polar surface area (TPSA) is 113 Å². The number of carbonyl (C=O) groups is 1. The molecule has 0 aliphatic carbocycles. The van der Waals surface area contributed by atoms with Gasteiger partial charge in [-0.25, -0.2) is 21.1 Å². The number of piperidine rings is 1. The highest BCUT2D eigenvalue weighted by Gasteiger charge is 2.31. The molecule has 1 aliphatic heterocycles. The van der Waals surface area contributed by atoms with E-state index in [0.717, 1.165) is 16.7 Å². The average molecular weight is 542 g/mol. The Morgan fingerprint density at radius 1 is 0.784 bits per heavy atom. The van der Waals surface area contributed by atoms with E-state index in [1.807, 2.05) is 50.2 Å². The van der Waals surface area contributed by atoms with E-state index < -0.39 is 20.0 Å². The zero-order valence-corrected chi connectivity index (χ0v) is 22.5. The SMILES string of the molecule is Cc1ccc(CS(=O)(=O)N2CCC(C(=O)Nc3ccc(S(=O)(=O)Nc4ccc(C)cc4)cc3)CC2)cc1. The van der Waals surface area contributed by atoms with Gasteiger partial charge in [0.2, 0.25) is 15.9 Å². The maximum Gasteiger partial charge on any atom is 0.261 e. The Hall–Kier alpha value is -3.21. The van der Waals surface area contributed by atoms with Crippen LogP contribution in [-0.2, 0) is 30.6 Å². The molecule has 4 rings (SSSR count). The van der Waals surface area contributed by atoms with Gasteiger partial charge in [-0.3, -0.25) is 9.52 Å². The molecule has 0 spiro atoms. The van der Waals surface area contributed by atoms with Crippen LogP contribution in [0.5, 0.6) is 0 Å². The molecule has 196 valence electrons. The van der Waals surface area contributed by atoms with Crippen LogP contribution >= 0.6 is 0 Å². The van der Waals surface area contributed by atoms with E-state index in [1.165, 1.54) is 16.4 Å². The molecule has 0 atom stereocenters. The van der Waals surface area contributed by atoms with Crippen molar-refractivity contribution in [2.75, 3.05) is 23.1 Å². The highest BCUT2D eigenvalue weighted by Crippen LogP contribution is 2.24. The number of nitrogens with one attached hydrogen (secondary N) is 2. The molecule has 10 heteroatoms. The monoisotopic (exact) mass is 541 g/mol. The van der Waals surface area contributed by atoms with Crippen LogP contribution in [0.15, 0.2) is 77.7 Å². The van der Waals surface area contributed by atoms with Crippen molar-refractivity contribution in [2.24, 2.45) is 5.92 Å². The van der Waals surface area contributed by atoms with Crippen molar-refractivity contribution < 1.29 is 21.6 Å². The second-order valence-corrected chi connectivity index (χ2v) is 13.1. The summed E-state index contributed by atoms with van der Waals surface area (Å²) >= 11 is 0. The van der Waals surface area contributed by atoms with Crippen LogP contribution in [0.2, 0.25) is 0 Å². The zero-order valence-electron chi connectivity index (χ0n) is 20.8. The van der Waals surface area contributed by atoms with Crippen LogP contribution in [0.4, 0.5) is 11.4 Å². The molecule has 2 N–H and O–H groups in total. The van der Waals surface area contributed by atoms with Gasteiger partial charge in [0, 0.05) is 30.4 Å². The van der Waals surface area contributed by atoms with Crippen LogP contribution in [0, 0.1) is 19.8 Å². The summed E-state index contributed by atoms with van der Waals surface area (Å²) in [7, 11) is -7.22. The number of sulfonamides is 2. The second-order valence-electron chi connectivity index (χ2n) is 9.40. The molecule has 0 radical (unpaired) electrons. The molecule has 3 aromatic rings. The standard InChI is InChI=1S/C27H31N3O5S2/c1-20-3-7-22(8-4-20)19-36(32,33)30-17-15-23(16-18-30)27(31)28-24-11-13-26(14-12-24)37(34,35)29-25-9-5-21(2)6-10-25/h3-14,23,29H,15-19H2,1-2H3,(H,28,31). The maximum atomic E-state index is 12.8. The Morgan fingerprint density at radius 3 is 1.86 bits per heavy atom. The number of benzene rings is 3. The van der Waals surface area contributed by atoms with Crippen molar-refractivity contribution in [1.82, 2.24) is 4.31 Å². The smallest absolute Gasteiger partial charge is 0.261 e. The first kappa shape index (κ1) is 26.8. The highest BCUT2D eigenvalue weighted by molar-refractivity contribution is 7.92. The third-order valence-electron chi connectivity index (χ3n) is 6.42. The third kappa shape index (κ3) is 6.97. The van der Waals surface area contributed by atoms with Gasteiger partial charge in [0.25, 0.3) is 10.0 Å². The van der Waals surface area contributed by atoms with Gasteiger partial charge in [0.05, 0.1) is 10.6 Å². The van der Waals surface area contributed by atoms with Crippen molar-refractivity contribution in [3.05, 3.63) is 89.5 Å². The van der Waals surface area contributed by atoms with E-state index in [9.17, 15) is 21.6 Å². The van der Waals surface area contributed by atoms with Gasteiger partial charge in [-0.1, -0.05) is 47.5 Å². The largest absolute Gasteiger partial charge is 0.326 e. The molecule has 0 aromatic heterocycles. The minimum Gasteiger partial charge on any atom is -0.326 e. The highest BCUT2D eigenvalue weighted by atomic mass is 32.2. The molecular weight excluding hydrogens is 510 g/mol. The van der Waals surface area contributed by atoms with Gasteiger partial charge in [0.15, 0.2) is 0 Å². The number of rotatable bonds is 8. The normalized spacial score (nSPS) is 15.3. The number of aryl methyl sites for hydroxylation is 2. The molecule has 1 saturated heterocycles. The summed E-state index contributed by atoms with van der Waals surface area (Å²) in [4.78, 5) is 12.9. The Kier molecular flexibility index (Phi) is 8.01. The van der Waals surface area contributed by atoms with E-state index in [4.69, 9.17) is 0 Å². The quantitative estimate of drug-likeness (QED) is 0.442. The Labute approximate surface area is 218 Å². The lowest BCUT2D eigenvalue weighted by Crippen LogP contribution is -2.41. The van der Waals surface area contributed by atoms with Gasteiger partial charge < -0.3 is 5.32 Å². The number of hydrogen-bond donors (Lipinski definition) is 2. The number of amides is 1. The van der Waals surface area contributed by atoms with E-state index in [2.05, 4.69) is 10.0 Å². The Bertz CT molecular complexity index is 1440. The van der Waals surface area contributed by atoms with Gasteiger partial charge in [-0.15, -0.1) is 0 Å². The lowest BCUT2D eigenvalue weighted by molar-refractivity contribution is -0.120. The molecule has 1 aliphatic rings. The van der Waals surface area contributed by atoms with E-state index in [0.29, 0.717) is 24.2 Å². The summed E-state index contributed by atoms with van der Waals surface area (Å²) in [6.07, 6.45) is 0.845. The molecule has 0 saturated carbocycles. The summed E-state index contributed by atoms with van der Waals surface area (Å²) in [5, 5.41) is 2.82. The predicted octanol–water partition coefficient (Wildman–Crippen LogP) is 4.28. The van der Waals surface area contributed by atoms with Crippen molar-refractivity contribution in [2.45, 2.75) is 37.3 Å². The summed E-state index contributed by atoms with van der Waals surface area (Å²) in [5.74, 6) is -0.584. The summed E-state index contributed by atoms with van der Waals surface area (Å²) in [6.45, 7) is 4.44. The summed E-state index contributed by atoms with van der Waals surface area (Å²) < 4.78 is 55.0. The lowest BCUT2D eigenvalue weighted by atomic mass is 9.97. The minimum absolute atomic E-state index is 0.0574. The number of hydrogen-bond acceptors (Lipinski definition) is 5. The van der Waals surface area contributed by atoms with E-state index in [-0.39, 0.29) is 35.6 Å². The fourth-order valence-corrected chi connectivity index (χ4v) is 6.80. The van der Waals surface area contributed by atoms with Gasteiger partial charge in [-0.2, -0.15) is 0 Å². The minimum atomic E-state index is -3.76. The van der Waals surface area contributed by atoms with Crippen molar-refractivity contribution in [3.63, 3.8) is 0 Å². The molecule has 3 aromatic carbocycles. The average Bonchev–Trinajstić information content (AvgIpc) is 2.87. The van der Waals surface area contributed by atoms with Crippen LogP contribution in [0.25, 0.3) is 0 Å². The first-order chi connectivity index (χ1) is 17.5. The second kappa shape index (κ2) is 11.0. The van der Waals surface area contributed by atoms with Crippen molar-refractivity contribution in [1.29, 1.82) is 0 Å². The fourth-order valence-electron chi connectivity index (χ4n) is 4.18. The molecule has 37 heavy (non-hydrogen) atoms. The lowest BCUT2D eigenvalue weighted by Gasteiger charge is -2.30. The first-order valence-electron chi connectivity index (χ1n) is 12.1. The van der Waals surface area contributed by atoms with Crippen molar-refractivity contribution >= 4 is 37.3 Å². The van der Waals surface area contributed by atoms with Crippen molar-refractivity contribution in [3.8, 4) is 0 Å². The molecule has 1 amide bonds. The van der Waals surface area contributed by atoms with Crippen LogP contribution < -0.4 is 10.0 Å². The zero-order chi connectivity index (χ0) is 26.6. The van der Waals surface area contributed by atoms with E-state index in [1.54, 1.807) is 24.3 Å². The van der Waals surface area contributed by atoms with Gasteiger partial charge >= 0.3 is 0 Å². The Balaban J connectivity index is 1.30. The molecular formula is C27H31N3O5S2. The molecule has 0 unspecified atom stereocenters. The van der Waals surface area contributed by atoms with Gasteiger partial charge in [-0.05, 0) is 68.7 Å². The molecule has 1 heterocycles. The van der Waals surface area contributed by atoms with Crippen LogP contribution in [0.1, 0.15) is 29.5 Å². The molecule has 0 bridgehead atoms. The van der Waals surface area contributed by atoms with Crippen LogP contribution in [-0.4, -0.2) is 40.1 Å². The van der Waals surface area contributed by atoms with Gasteiger partial charge in [0.1, 0.15) is 0 Å². The number of carbonyl (C=O) groups excluding carboxylic acids is 1.